The first-order valence-electron chi connectivity index (χ1n) is 7.68. The lowest BCUT2D eigenvalue weighted by Crippen LogP contribution is -2.30. The van der Waals surface area contributed by atoms with Crippen molar-refractivity contribution in [3.8, 4) is 0 Å². The zero-order valence-electron chi connectivity index (χ0n) is 13.8. The molecule has 25 heavy (non-hydrogen) atoms. The predicted molar refractivity (Wildman–Crippen MR) is 103 cm³/mol. The number of rotatable bonds is 7. The van der Waals surface area contributed by atoms with E-state index in [1.54, 1.807) is 23.8 Å². The number of hydrogen-bond acceptors (Lipinski definition) is 7. The van der Waals surface area contributed by atoms with E-state index in [0.717, 1.165) is 22.1 Å². The van der Waals surface area contributed by atoms with Gasteiger partial charge in [-0.25, -0.2) is 0 Å². The topological polar surface area (TPSA) is 66.4 Å². The number of anilines is 1. The van der Waals surface area contributed by atoms with E-state index in [-0.39, 0.29) is 23.6 Å². The molecule has 0 unspecified atom stereocenters. The van der Waals surface area contributed by atoms with Crippen molar-refractivity contribution in [2.75, 3.05) is 17.7 Å². The zero-order valence-corrected chi connectivity index (χ0v) is 17.0. The Kier molecular flexibility index (Phi) is 5.98. The van der Waals surface area contributed by atoms with Gasteiger partial charge >= 0.3 is 0 Å². The van der Waals surface area contributed by atoms with E-state index in [1.165, 1.54) is 34.4 Å². The highest BCUT2D eigenvalue weighted by atomic mass is 35.5. The summed E-state index contributed by atoms with van der Waals surface area (Å²) in [5.74, 6) is 0.283. The first-order chi connectivity index (χ1) is 11.9. The molecular weight excluding hydrogens is 400 g/mol. The molecule has 0 saturated heterocycles. The summed E-state index contributed by atoms with van der Waals surface area (Å²) in [5, 5.41) is 8.82. The summed E-state index contributed by atoms with van der Waals surface area (Å²) in [5.41, 5.74) is 0. The molecule has 1 fully saturated rings. The number of thioether (sulfide) groups is 1. The number of thiophene rings is 1. The lowest BCUT2D eigenvalue weighted by molar-refractivity contribution is -0.127. The average Bonchev–Trinajstić information content (AvgIpc) is 3.12. The van der Waals surface area contributed by atoms with Crippen LogP contribution >= 0.6 is 46.0 Å². The molecule has 2 heterocycles. The van der Waals surface area contributed by atoms with Crippen LogP contribution < -0.4 is 4.90 Å². The van der Waals surface area contributed by atoms with Crippen LogP contribution in [0.3, 0.4) is 0 Å². The molecular formula is C15H17ClN4O2S3. The van der Waals surface area contributed by atoms with Gasteiger partial charge < -0.3 is 4.90 Å². The first-order valence-corrected chi connectivity index (χ1v) is 10.7. The average molecular weight is 417 g/mol. The Labute approximate surface area is 163 Å². The number of amides is 2. The molecule has 0 N–H and O–H groups in total. The van der Waals surface area contributed by atoms with Crippen LogP contribution in [0, 0.1) is 0 Å². The fourth-order valence-electron chi connectivity index (χ4n) is 2.23. The Morgan fingerprint density at radius 1 is 1.32 bits per heavy atom. The summed E-state index contributed by atoms with van der Waals surface area (Å²) in [6.45, 7) is 2.08. The number of hydrogen-bond donors (Lipinski definition) is 0. The van der Waals surface area contributed by atoms with Gasteiger partial charge in [-0.05, 0) is 25.0 Å². The summed E-state index contributed by atoms with van der Waals surface area (Å²) >= 11 is 10.1. The normalized spacial score (nSPS) is 13.7. The van der Waals surface area contributed by atoms with Crippen LogP contribution in [-0.2, 0) is 16.1 Å². The smallest absolute Gasteiger partial charge is 0.233 e. The van der Waals surface area contributed by atoms with Crippen molar-refractivity contribution in [1.29, 1.82) is 0 Å². The van der Waals surface area contributed by atoms with Crippen molar-refractivity contribution in [1.82, 2.24) is 15.1 Å². The van der Waals surface area contributed by atoms with Gasteiger partial charge in [0, 0.05) is 24.9 Å². The second-order valence-electron chi connectivity index (χ2n) is 5.72. The molecule has 6 nitrogen and oxygen atoms in total. The maximum absolute atomic E-state index is 12.3. The van der Waals surface area contributed by atoms with Gasteiger partial charge in [0.25, 0.3) is 0 Å². The maximum Gasteiger partial charge on any atom is 0.233 e. The Balaban J connectivity index is 1.52. The zero-order chi connectivity index (χ0) is 18.0. The molecule has 1 aliphatic rings. The molecule has 0 spiro atoms. The van der Waals surface area contributed by atoms with Crippen LogP contribution in [-0.4, -0.2) is 45.8 Å². The monoisotopic (exact) mass is 416 g/mol. The molecule has 3 rings (SSSR count). The largest absolute Gasteiger partial charge is 0.340 e. The van der Waals surface area contributed by atoms with E-state index in [4.69, 9.17) is 11.6 Å². The molecule has 1 aliphatic carbocycles. The second-order valence-corrected chi connectivity index (χ2v) is 9.69. The highest BCUT2D eigenvalue weighted by molar-refractivity contribution is 8.01. The van der Waals surface area contributed by atoms with Gasteiger partial charge in [0.2, 0.25) is 16.9 Å². The minimum atomic E-state index is -0.0133. The van der Waals surface area contributed by atoms with E-state index < -0.39 is 0 Å². The lowest BCUT2D eigenvalue weighted by atomic mass is 10.4. The van der Waals surface area contributed by atoms with E-state index in [2.05, 4.69) is 10.2 Å². The van der Waals surface area contributed by atoms with Crippen molar-refractivity contribution in [2.24, 2.45) is 0 Å². The number of aromatic nitrogens is 2. The highest BCUT2D eigenvalue weighted by Gasteiger charge is 2.34. The Morgan fingerprint density at radius 2 is 2.08 bits per heavy atom. The minimum absolute atomic E-state index is 0.0110. The van der Waals surface area contributed by atoms with E-state index in [1.807, 2.05) is 12.1 Å². The fourth-order valence-corrected chi connectivity index (χ4v) is 5.27. The molecule has 2 aromatic heterocycles. The molecule has 2 aromatic rings. The molecule has 2 amide bonds. The molecule has 134 valence electrons. The Hall–Kier alpha value is -1.16. The Bertz CT molecular complexity index is 774. The van der Waals surface area contributed by atoms with E-state index in [9.17, 15) is 9.59 Å². The van der Waals surface area contributed by atoms with Gasteiger partial charge in [-0.2, -0.15) is 0 Å². The van der Waals surface area contributed by atoms with Gasteiger partial charge in [0.15, 0.2) is 4.34 Å². The molecule has 0 radical (unpaired) electrons. The van der Waals surface area contributed by atoms with Crippen molar-refractivity contribution in [2.45, 2.75) is 36.7 Å². The SMILES string of the molecule is CC(=O)N(c1nnc(SCC(=O)N(C)Cc2ccc(Cl)s2)s1)C1CC1. The number of carbonyl (C=O) groups is 2. The summed E-state index contributed by atoms with van der Waals surface area (Å²) < 4.78 is 1.42. The summed E-state index contributed by atoms with van der Waals surface area (Å²) in [7, 11) is 1.77. The standard InChI is InChI=1S/C15H17ClN4O2S3/c1-9(21)20(10-3-4-10)14-17-18-15(25-14)23-8-13(22)19(2)7-11-5-6-12(16)24-11/h5-6,10H,3-4,7-8H2,1-2H3. The number of nitrogens with zero attached hydrogens (tertiary/aromatic N) is 4. The fraction of sp³-hybridized carbons (Fsp3) is 0.467. The van der Waals surface area contributed by atoms with Gasteiger partial charge in [-0.1, -0.05) is 34.7 Å². The van der Waals surface area contributed by atoms with Gasteiger partial charge in [0.1, 0.15) is 0 Å². The van der Waals surface area contributed by atoms with Crippen LogP contribution in [0.5, 0.6) is 0 Å². The third-order valence-corrected chi connectivity index (χ3v) is 6.88. The van der Waals surface area contributed by atoms with Crippen LogP contribution in [0.25, 0.3) is 0 Å². The lowest BCUT2D eigenvalue weighted by Gasteiger charge is -2.16. The van der Waals surface area contributed by atoms with Crippen LogP contribution in [0.4, 0.5) is 5.13 Å². The quantitative estimate of drug-likeness (QED) is 0.510. The minimum Gasteiger partial charge on any atom is -0.340 e. The summed E-state index contributed by atoms with van der Waals surface area (Å²) in [4.78, 5) is 28.4. The van der Waals surface area contributed by atoms with E-state index in [0.29, 0.717) is 16.0 Å². The predicted octanol–water partition coefficient (Wildman–Crippen LogP) is 3.52. The molecule has 1 saturated carbocycles. The third-order valence-electron chi connectivity index (χ3n) is 3.62. The van der Waals surface area contributed by atoms with Crippen LogP contribution in [0.15, 0.2) is 16.5 Å². The number of carbonyl (C=O) groups excluding carboxylic acids is 2. The third kappa shape index (κ3) is 4.93. The molecule has 0 aromatic carbocycles. The first kappa shape index (κ1) is 18.6. The van der Waals surface area contributed by atoms with Crippen molar-refractivity contribution >= 4 is 63.0 Å². The van der Waals surface area contributed by atoms with Crippen molar-refractivity contribution < 1.29 is 9.59 Å². The number of halogens is 1. The summed E-state index contributed by atoms with van der Waals surface area (Å²) in [6.07, 6.45) is 2.02. The molecule has 0 bridgehead atoms. The second kappa shape index (κ2) is 8.03. The molecule has 10 heteroatoms. The molecule has 0 atom stereocenters. The van der Waals surface area contributed by atoms with Gasteiger partial charge in [-0.3, -0.25) is 14.5 Å². The van der Waals surface area contributed by atoms with E-state index >= 15 is 0 Å². The Morgan fingerprint density at radius 3 is 2.68 bits per heavy atom. The van der Waals surface area contributed by atoms with Crippen LogP contribution in [0.2, 0.25) is 4.34 Å². The van der Waals surface area contributed by atoms with Crippen molar-refractivity contribution in [3.05, 3.63) is 21.3 Å². The van der Waals surface area contributed by atoms with Crippen molar-refractivity contribution in [3.63, 3.8) is 0 Å². The highest BCUT2D eigenvalue weighted by Crippen LogP contribution is 2.35. The maximum atomic E-state index is 12.3. The van der Waals surface area contributed by atoms with Crippen LogP contribution in [0.1, 0.15) is 24.6 Å². The molecule has 0 aliphatic heterocycles. The van der Waals surface area contributed by atoms with Gasteiger partial charge in [-0.15, -0.1) is 21.5 Å². The van der Waals surface area contributed by atoms with Gasteiger partial charge in [0.05, 0.1) is 16.6 Å². The summed E-state index contributed by atoms with van der Waals surface area (Å²) in [6, 6.07) is 4.02.